The van der Waals surface area contributed by atoms with Crippen LogP contribution in [0.4, 0.5) is 4.39 Å². The molecule has 9 heavy (non-hydrogen) atoms. The summed E-state index contributed by atoms with van der Waals surface area (Å²) in [4.78, 5) is 4.72. The first-order valence-corrected chi connectivity index (χ1v) is 3.23. The van der Waals surface area contributed by atoms with Crippen LogP contribution in [0.1, 0.15) is 6.42 Å². The molecular formula is C5H7ClFNO. The number of oxime groups is 1. The molecule has 0 amide bonds. The Morgan fingerprint density at radius 1 is 1.89 bits per heavy atom. The Kier molecular flexibility index (Phi) is 2.28. The van der Waals surface area contributed by atoms with Crippen molar-refractivity contribution in [3.63, 3.8) is 0 Å². The molecular weight excluding hydrogens is 145 g/mol. The second kappa shape index (κ2) is 3.01. The van der Waals surface area contributed by atoms with Crippen LogP contribution in [0.15, 0.2) is 5.16 Å². The lowest BCUT2D eigenvalue weighted by atomic mass is 10.2. The second-order valence-electron chi connectivity index (χ2n) is 1.88. The van der Waals surface area contributed by atoms with E-state index in [-0.39, 0.29) is 6.10 Å². The third-order valence-electron chi connectivity index (χ3n) is 1.12. The predicted octanol–water partition coefficient (Wildman–Crippen LogP) is 1.34. The minimum Gasteiger partial charge on any atom is -0.391 e. The van der Waals surface area contributed by atoms with E-state index in [0.717, 1.165) is 0 Å². The summed E-state index contributed by atoms with van der Waals surface area (Å²) in [5.74, 6) is 0.382. The van der Waals surface area contributed by atoms with Crippen LogP contribution in [0.3, 0.4) is 0 Å². The molecule has 0 N–H and O–H groups in total. The first-order chi connectivity index (χ1) is 4.36. The van der Waals surface area contributed by atoms with Crippen LogP contribution in [-0.2, 0) is 4.84 Å². The van der Waals surface area contributed by atoms with Gasteiger partial charge in [0, 0.05) is 6.42 Å². The average Bonchev–Trinajstić information content (AvgIpc) is 2.34. The predicted molar refractivity (Wildman–Crippen MR) is 33.6 cm³/mol. The van der Waals surface area contributed by atoms with E-state index in [9.17, 15) is 4.39 Å². The lowest BCUT2D eigenvalue weighted by Gasteiger charge is -1.99. The van der Waals surface area contributed by atoms with E-state index >= 15 is 0 Å². The SMILES string of the molecule is FCC1=NOC(CCl)C1. The molecule has 0 aromatic rings. The van der Waals surface area contributed by atoms with Crippen LogP contribution in [0, 0.1) is 0 Å². The standard InChI is InChI=1S/C5H7ClFNO/c6-2-5-1-4(3-7)8-9-5/h5H,1-3H2. The number of hydrogen-bond donors (Lipinski definition) is 0. The highest BCUT2D eigenvalue weighted by Crippen LogP contribution is 2.11. The molecule has 1 heterocycles. The van der Waals surface area contributed by atoms with Crippen molar-refractivity contribution in [1.29, 1.82) is 0 Å². The summed E-state index contributed by atoms with van der Waals surface area (Å²) in [6, 6.07) is 0. The van der Waals surface area contributed by atoms with E-state index < -0.39 is 6.67 Å². The van der Waals surface area contributed by atoms with Gasteiger partial charge < -0.3 is 4.84 Å². The lowest BCUT2D eigenvalue weighted by Crippen LogP contribution is -2.09. The van der Waals surface area contributed by atoms with Crippen molar-refractivity contribution in [2.24, 2.45) is 5.16 Å². The Hall–Kier alpha value is -0.310. The fraction of sp³-hybridized carbons (Fsp3) is 0.800. The summed E-state index contributed by atoms with van der Waals surface area (Å²) in [6.45, 7) is -0.520. The second-order valence-corrected chi connectivity index (χ2v) is 2.19. The Morgan fingerprint density at radius 2 is 2.67 bits per heavy atom. The smallest absolute Gasteiger partial charge is 0.146 e. The van der Waals surface area contributed by atoms with Gasteiger partial charge in [0.15, 0.2) is 0 Å². The van der Waals surface area contributed by atoms with Crippen LogP contribution < -0.4 is 0 Å². The van der Waals surface area contributed by atoms with Crippen molar-refractivity contribution in [3.8, 4) is 0 Å². The third kappa shape index (κ3) is 1.55. The van der Waals surface area contributed by atoms with Gasteiger partial charge in [0.25, 0.3) is 0 Å². The molecule has 0 fully saturated rings. The van der Waals surface area contributed by atoms with E-state index in [1.54, 1.807) is 0 Å². The minimum absolute atomic E-state index is 0.0996. The number of rotatable bonds is 2. The molecule has 0 saturated heterocycles. The van der Waals surface area contributed by atoms with E-state index in [4.69, 9.17) is 16.4 Å². The Labute approximate surface area is 57.6 Å². The zero-order valence-electron chi connectivity index (χ0n) is 4.81. The van der Waals surface area contributed by atoms with Crippen LogP contribution >= 0.6 is 11.6 Å². The summed E-state index contributed by atoms with van der Waals surface area (Å²) in [7, 11) is 0. The van der Waals surface area contributed by atoms with Gasteiger partial charge in [-0.3, -0.25) is 0 Å². The summed E-state index contributed by atoms with van der Waals surface area (Å²) in [6.07, 6.45) is 0.442. The molecule has 1 rings (SSSR count). The molecule has 1 unspecified atom stereocenters. The third-order valence-corrected chi connectivity index (χ3v) is 1.46. The number of hydrogen-bond acceptors (Lipinski definition) is 2. The van der Waals surface area contributed by atoms with E-state index in [1.165, 1.54) is 0 Å². The van der Waals surface area contributed by atoms with E-state index in [0.29, 0.717) is 18.0 Å². The molecule has 1 aliphatic rings. The molecule has 0 aromatic heterocycles. The highest BCUT2D eigenvalue weighted by Gasteiger charge is 2.18. The minimum atomic E-state index is -0.520. The van der Waals surface area contributed by atoms with Gasteiger partial charge in [0.2, 0.25) is 0 Å². The lowest BCUT2D eigenvalue weighted by molar-refractivity contribution is 0.102. The summed E-state index contributed by atoms with van der Waals surface area (Å²) < 4.78 is 11.8. The molecule has 0 aliphatic carbocycles. The molecule has 2 nitrogen and oxygen atoms in total. The van der Waals surface area contributed by atoms with Crippen LogP contribution in [0.25, 0.3) is 0 Å². The van der Waals surface area contributed by atoms with Crippen LogP contribution in [0.2, 0.25) is 0 Å². The Morgan fingerprint density at radius 3 is 3.00 bits per heavy atom. The van der Waals surface area contributed by atoms with Gasteiger partial charge in [-0.25, -0.2) is 4.39 Å². The molecule has 1 aliphatic heterocycles. The van der Waals surface area contributed by atoms with E-state index in [1.807, 2.05) is 0 Å². The van der Waals surface area contributed by atoms with Gasteiger partial charge in [0.1, 0.15) is 12.8 Å². The van der Waals surface area contributed by atoms with Gasteiger partial charge in [-0.15, -0.1) is 11.6 Å². The normalized spacial score (nSPS) is 25.6. The molecule has 0 aromatic carbocycles. The number of nitrogens with zero attached hydrogens (tertiary/aromatic N) is 1. The van der Waals surface area contributed by atoms with Gasteiger partial charge in [0.05, 0.1) is 11.6 Å². The zero-order valence-corrected chi connectivity index (χ0v) is 5.57. The van der Waals surface area contributed by atoms with Gasteiger partial charge in [-0.05, 0) is 0 Å². The highest BCUT2D eigenvalue weighted by molar-refractivity contribution is 6.18. The topological polar surface area (TPSA) is 21.6 Å². The molecule has 0 bridgehead atoms. The van der Waals surface area contributed by atoms with Crippen molar-refractivity contribution in [2.75, 3.05) is 12.6 Å². The first-order valence-electron chi connectivity index (χ1n) is 2.70. The summed E-state index contributed by atoms with van der Waals surface area (Å²) in [5.41, 5.74) is 0.459. The molecule has 0 spiro atoms. The van der Waals surface area contributed by atoms with Crippen molar-refractivity contribution in [3.05, 3.63) is 0 Å². The van der Waals surface area contributed by atoms with Crippen molar-refractivity contribution < 1.29 is 9.23 Å². The van der Waals surface area contributed by atoms with Crippen LogP contribution in [-0.4, -0.2) is 24.4 Å². The molecule has 0 saturated carbocycles. The largest absolute Gasteiger partial charge is 0.391 e. The number of alkyl halides is 2. The maximum absolute atomic E-state index is 11.8. The molecule has 0 radical (unpaired) electrons. The Bertz CT molecular complexity index is 128. The van der Waals surface area contributed by atoms with Crippen LogP contribution in [0.5, 0.6) is 0 Å². The highest BCUT2D eigenvalue weighted by atomic mass is 35.5. The van der Waals surface area contributed by atoms with Crippen molar-refractivity contribution >= 4 is 17.3 Å². The number of halogens is 2. The first kappa shape index (κ1) is 6.81. The van der Waals surface area contributed by atoms with Crippen molar-refractivity contribution in [1.82, 2.24) is 0 Å². The van der Waals surface area contributed by atoms with E-state index in [2.05, 4.69) is 5.16 Å². The quantitative estimate of drug-likeness (QED) is 0.546. The summed E-state index contributed by atoms with van der Waals surface area (Å²) in [5, 5.41) is 3.46. The van der Waals surface area contributed by atoms with Gasteiger partial charge >= 0.3 is 0 Å². The zero-order chi connectivity index (χ0) is 6.69. The molecule has 1 atom stereocenters. The summed E-state index contributed by atoms with van der Waals surface area (Å²) >= 11 is 5.41. The average molecular weight is 152 g/mol. The fourth-order valence-corrected chi connectivity index (χ4v) is 0.814. The molecule has 52 valence electrons. The van der Waals surface area contributed by atoms with Gasteiger partial charge in [-0.2, -0.15) is 0 Å². The maximum atomic E-state index is 11.8. The Balaban J connectivity index is 2.31. The maximum Gasteiger partial charge on any atom is 0.146 e. The molecule has 4 heteroatoms. The van der Waals surface area contributed by atoms with Crippen molar-refractivity contribution in [2.45, 2.75) is 12.5 Å². The monoisotopic (exact) mass is 151 g/mol. The fourth-order valence-electron chi connectivity index (χ4n) is 0.648. The van der Waals surface area contributed by atoms with Gasteiger partial charge in [-0.1, -0.05) is 5.16 Å².